The molecule has 1 atom stereocenters. The lowest BCUT2D eigenvalue weighted by Gasteiger charge is -2.50. The molecule has 2 rings (SSSR count). The van der Waals surface area contributed by atoms with Gasteiger partial charge in [-0.05, 0) is 32.3 Å². The fraction of sp³-hybridized carbons (Fsp3) is 0.647. The van der Waals surface area contributed by atoms with Crippen LogP contribution in [-0.4, -0.2) is 29.6 Å². The Morgan fingerprint density at radius 1 is 1.21 bits per heavy atom. The number of rotatable bonds is 4. The second kappa shape index (κ2) is 6.06. The maximum Gasteiger partial charge on any atom is 0.0450 e. The van der Waals surface area contributed by atoms with Gasteiger partial charge in [0.1, 0.15) is 0 Å². The van der Waals surface area contributed by atoms with E-state index in [1.165, 1.54) is 18.4 Å². The molecular formula is C17H28N2. The van der Waals surface area contributed by atoms with E-state index < -0.39 is 0 Å². The first-order valence-corrected chi connectivity index (χ1v) is 7.63. The van der Waals surface area contributed by atoms with Crippen molar-refractivity contribution < 1.29 is 0 Å². The van der Waals surface area contributed by atoms with Crippen molar-refractivity contribution >= 4 is 0 Å². The first-order chi connectivity index (χ1) is 9.08. The summed E-state index contributed by atoms with van der Waals surface area (Å²) < 4.78 is 0. The van der Waals surface area contributed by atoms with E-state index in [4.69, 9.17) is 0 Å². The summed E-state index contributed by atoms with van der Waals surface area (Å²) in [7, 11) is 0. The van der Waals surface area contributed by atoms with Crippen molar-refractivity contribution in [2.45, 2.75) is 58.2 Å². The Morgan fingerprint density at radius 2 is 1.84 bits per heavy atom. The van der Waals surface area contributed by atoms with Gasteiger partial charge in [0.15, 0.2) is 0 Å². The summed E-state index contributed by atoms with van der Waals surface area (Å²) in [5.41, 5.74) is 1.66. The zero-order chi connectivity index (χ0) is 13.9. The van der Waals surface area contributed by atoms with Crippen LogP contribution < -0.4 is 5.32 Å². The largest absolute Gasteiger partial charge is 0.307 e. The minimum Gasteiger partial charge on any atom is -0.307 e. The molecule has 1 fully saturated rings. The highest BCUT2D eigenvalue weighted by molar-refractivity contribution is 5.20. The quantitative estimate of drug-likeness (QED) is 0.890. The van der Waals surface area contributed by atoms with Crippen molar-refractivity contribution in [1.29, 1.82) is 0 Å². The van der Waals surface area contributed by atoms with E-state index in [0.29, 0.717) is 12.1 Å². The van der Waals surface area contributed by atoms with E-state index >= 15 is 0 Å². The van der Waals surface area contributed by atoms with E-state index in [9.17, 15) is 0 Å². The Kier molecular flexibility index (Phi) is 4.64. The van der Waals surface area contributed by atoms with Crippen LogP contribution in [-0.2, 0) is 0 Å². The minimum absolute atomic E-state index is 0.252. The SMILES string of the molecule is CCC(CC)N1CC(c2ccccc2)NCC1(C)C. The predicted molar refractivity (Wildman–Crippen MR) is 82.3 cm³/mol. The van der Waals surface area contributed by atoms with Gasteiger partial charge in [-0.2, -0.15) is 0 Å². The van der Waals surface area contributed by atoms with E-state index in [0.717, 1.165) is 13.1 Å². The van der Waals surface area contributed by atoms with Crippen molar-refractivity contribution in [1.82, 2.24) is 10.2 Å². The number of hydrogen-bond donors (Lipinski definition) is 1. The van der Waals surface area contributed by atoms with E-state index in [1.54, 1.807) is 0 Å². The summed E-state index contributed by atoms with van der Waals surface area (Å²) in [6, 6.07) is 12.0. The molecule has 1 aliphatic heterocycles. The minimum atomic E-state index is 0.252. The molecule has 1 aromatic rings. The second-order valence-corrected chi connectivity index (χ2v) is 6.28. The monoisotopic (exact) mass is 260 g/mol. The molecule has 106 valence electrons. The highest BCUT2D eigenvalue weighted by Gasteiger charge is 2.37. The van der Waals surface area contributed by atoms with Gasteiger partial charge < -0.3 is 5.32 Å². The number of nitrogens with one attached hydrogen (secondary N) is 1. The summed E-state index contributed by atoms with van der Waals surface area (Å²) in [6.07, 6.45) is 2.48. The molecule has 0 bridgehead atoms. The fourth-order valence-corrected chi connectivity index (χ4v) is 3.26. The molecule has 0 spiro atoms. The third-order valence-corrected chi connectivity index (χ3v) is 4.52. The van der Waals surface area contributed by atoms with E-state index in [2.05, 4.69) is 68.2 Å². The number of nitrogens with zero attached hydrogens (tertiary/aromatic N) is 1. The van der Waals surface area contributed by atoms with Gasteiger partial charge in [-0.25, -0.2) is 0 Å². The van der Waals surface area contributed by atoms with Gasteiger partial charge >= 0.3 is 0 Å². The van der Waals surface area contributed by atoms with E-state index in [-0.39, 0.29) is 5.54 Å². The average molecular weight is 260 g/mol. The molecular weight excluding hydrogens is 232 g/mol. The van der Waals surface area contributed by atoms with Crippen LogP contribution >= 0.6 is 0 Å². The highest BCUT2D eigenvalue weighted by atomic mass is 15.3. The average Bonchev–Trinajstić information content (AvgIpc) is 2.43. The summed E-state index contributed by atoms with van der Waals surface area (Å²) in [5, 5.41) is 3.72. The molecule has 0 aromatic heterocycles. The van der Waals surface area contributed by atoms with E-state index in [1.807, 2.05) is 0 Å². The zero-order valence-corrected chi connectivity index (χ0v) is 12.8. The lowest BCUT2D eigenvalue weighted by molar-refractivity contribution is 0.0212. The van der Waals surface area contributed by atoms with Crippen LogP contribution in [0.4, 0.5) is 0 Å². The lowest BCUT2D eigenvalue weighted by Crippen LogP contribution is -2.61. The van der Waals surface area contributed by atoms with Crippen LogP contribution in [0.25, 0.3) is 0 Å². The maximum atomic E-state index is 3.72. The van der Waals surface area contributed by atoms with Crippen molar-refractivity contribution in [3.63, 3.8) is 0 Å². The van der Waals surface area contributed by atoms with Crippen molar-refractivity contribution in [3.8, 4) is 0 Å². The molecule has 1 unspecified atom stereocenters. The van der Waals surface area contributed by atoms with Gasteiger partial charge in [0.25, 0.3) is 0 Å². The second-order valence-electron chi connectivity index (χ2n) is 6.28. The lowest BCUT2D eigenvalue weighted by atomic mass is 9.91. The summed E-state index contributed by atoms with van der Waals surface area (Å²) in [6.45, 7) is 11.5. The smallest absolute Gasteiger partial charge is 0.0450 e. The summed E-state index contributed by atoms with van der Waals surface area (Å²) >= 11 is 0. The third-order valence-electron chi connectivity index (χ3n) is 4.52. The molecule has 1 heterocycles. The zero-order valence-electron chi connectivity index (χ0n) is 12.8. The Balaban J connectivity index is 2.16. The van der Waals surface area contributed by atoms with Gasteiger partial charge in [0.05, 0.1) is 0 Å². The first-order valence-electron chi connectivity index (χ1n) is 7.63. The predicted octanol–water partition coefficient (Wildman–Crippen LogP) is 3.60. The Hall–Kier alpha value is -0.860. The van der Waals surface area contributed by atoms with Crippen LogP contribution in [0.2, 0.25) is 0 Å². The highest BCUT2D eigenvalue weighted by Crippen LogP contribution is 2.29. The molecule has 0 aliphatic carbocycles. The number of piperazine rings is 1. The van der Waals surface area contributed by atoms with Crippen LogP contribution in [0.5, 0.6) is 0 Å². The molecule has 1 N–H and O–H groups in total. The van der Waals surface area contributed by atoms with Gasteiger partial charge in [-0.3, -0.25) is 4.90 Å². The van der Waals surface area contributed by atoms with Gasteiger partial charge in [0.2, 0.25) is 0 Å². The van der Waals surface area contributed by atoms with Crippen molar-refractivity contribution in [3.05, 3.63) is 35.9 Å². The van der Waals surface area contributed by atoms with Crippen LogP contribution in [0.1, 0.15) is 52.1 Å². The molecule has 1 saturated heterocycles. The molecule has 2 heteroatoms. The van der Waals surface area contributed by atoms with Crippen molar-refractivity contribution in [2.24, 2.45) is 0 Å². The molecule has 0 amide bonds. The maximum absolute atomic E-state index is 3.72. The number of hydrogen-bond acceptors (Lipinski definition) is 2. The molecule has 0 saturated carbocycles. The molecule has 1 aliphatic rings. The fourth-order valence-electron chi connectivity index (χ4n) is 3.26. The summed E-state index contributed by atoms with van der Waals surface area (Å²) in [5.74, 6) is 0. The van der Waals surface area contributed by atoms with Crippen LogP contribution in [0.3, 0.4) is 0 Å². The molecule has 2 nitrogen and oxygen atoms in total. The number of benzene rings is 1. The van der Waals surface area contributed by atoms with Crippen molar-refractivity contribution in [2.75, 3.05) is 13.1 Å². The van der Waals surface area contributed by atoms with Gasteiger partial charge in [0, 0.05) is 30.7 Å². The molecule has 19 heavy (non-hydrogen) atoms. The molecule has 1 aromatic carbocycles. The first kappa shape index (κ1) is 14.5. The van der Waals surface area contributed by atoms with Gasteiger partial charge in [-0.1, -0.05) is 44.2 Å². The molecule has 0 radical (unpaired) electrons. The topological polar surface area (TPSA) is 15.3 Å². The normalized spacial score (nSPS) is 23.7. The Bertz CT molecular complexity index is 382. The van der Waals surface area contributed by atoms with Gasteiger partial charge in [-0.15, -0.1) is 0 Å². The van der Waals surface area contributed by atoms with Crippen LogP contribution in [0.15, 0.2) is 30.3 Å². The third kappa shape index (κ3) is 3.18. The Labute approximate surface area is 118 Å². The standard InChI is InChI=1S/C17H28N2/c1-5-15(6-2)19-12-16(18-13-17(19,3)4)14-10-8-7-9-11-14/h7-11,15-16,18H,5-6,12-13H2,1-4H3. The van der Waals surface area contributed by atoms with Crippen LogP contribution in [0, 0.1) is 0 Å². The Morgan fingerprint density at radius 3 is 2.42 bits per heavy atom. The summed E-state index contributed by atoms with van der Waals surface area (Å²) in [4.78, 5) is 2.71.